The zero-order chi connectivity index (χ0) is 14.6. The van der Waals surface area contributed by atoms with E-state index in [0.29, 0.717) is 0 Å². The molecule has 4 heteroatoms. The van der Waals surface area contributed by atoms with E-state index in [1.807, 2.05) is 14.0 Å². The predicted molar refractivity (Wildman–Crippen MR) is 86.2 cm³/mol. The van der Waals surface area contributed by atoms with E-state index in [1.165, 1.54) is 32.1 Å². The van der Waals surface area contributed by atoms with Crippen LogP contribution in [0.15, 0.2) is 4.99 Å². The summed E-state index contributed by atoms with van der Waals surface area (Å²) in [6, 6.07) is 0. The Morgan fingerprint density at radius 1 is 1.25 bits per heavy atom. The summed E-state index contributed by atoms with van der Waals surface area (Å²) >= 11 is 0. The van der Waals surface area contributed by atoms with Crippen LogP contribution in [-0.2, 0) is 4.74 Å². The largest absolute Gasteiger partial charge is 0.382 e. The first kappa shape index (κ1) is 17.3. The van der Waals surface area contributed by atoms with Gasteiger partial charge in [0.1, 0.15) is 0 Å². The number of hydrogen-bond acceptors (Lipinski definition) is 2. The highest BCUT2D eigenvalue weighted by Crippen LogP contribution is 2.30. The minimum absolute atomic E-state index is 0.798. The Morgan fingerprint density at radius 2 is 2.05 bits per heavy atom. The van der Waals surface area contributed by atoms with Crippen molar-refractivity contribution in [2.24, 2.45) is 16.8 Å². The quantitative estimate of drug-likeness (QED) is 0.409. The Balaban J connectivity index is 2.06. The van der Waals surface area contributed by atoms with Crippen LogP contribution in [0, 0.1) is 11.8 Å². The molecule has 1 fully saturated rings. The summed E-state index contributed by atoms with van der Waals surface area (Å²) in [7, 11) is 1.83. The van der Waals surface area contributed by atoms with Crippen molar-refractivity contribution in [2.45, 2.75) is 52.4 Å². The zero-order valence-electron chi connectivity index (χ0n) is 13.6. The first-order chi connectivity index (χ1) is 9.76. The minimum Gasteiger partial charge on any atom is -0.382 e. The van der Waals surface area contributed by atoms with Crippen molar-refractivity contribution < 1.29 is 4.74 Å². The second-order valence-electron chi connectivity index (χ2n) is 5.90. The molecule has 0 aliphatic heterocycles. The minimum atomic E-state index is 0.798. The summed E-state index contributed by atoms with van der Waals surface area (Å²) in [6.45, 7) is 7.98. The molecular formula is C16H33N3O. The fraction of sp³-hybridized carbons (Fsp3) is 0.938. The highest BCUT2D eigenvalue weighted by Gasteiger charge is 2.18. The number of rotatable bonds is 8. The highest BCUT2D eigenvalue weighted by molar-refractivity contribution is 5.79. The summed E-state index contributed by atoms with van der Waals surface area (Å²) in [4.78, 5) is 4.26. The molecule has 0 aromatic heterocycles. The molecule has 118 valence electrons. The third-order valence-electron chi connectivity index (χ3n) is 4.08. The monoisotopic (exact) mass is 283 g/mol. The van der Waals surface area contributed by atoms with Gasteiger partial charge in [0.25, 0.3) is 0 Å². The van der Waals surface area contributed by atoms with Crippen LogP contribution in [0.1, 0.15) is 52.4 Å². The standard InChI is InChI=1S/C16H33N3O/c1-4-20-12-6-10-18-16(17-3)19-11-9-15-8-5-7-14(2)13-15/h14-15H,4-13H2,1-3H3,(H2,17,18,19). The van der Waals surface area contributed by atoms with Gasteiger partial charge in [-0.15, -0.1) is 0 Å². The maximum atomic E-state index is 5.32. The molecule has 1 saturated carbocycles. The van der Waals surface area contributed by atoms with Crippen LogP contribution >= 0.6 is 0 Å². The van der Waals surface area contributed by atoms with E-state index in [2.05, 4.69) is 22.5 Å². The van der Waals surface area contributed by atoms with E-state index in [1.54, 1.807) is 0 Å². The number of nitrogens with one attached hydrogen (secondary N) is 2. The van der Waals surface area contributed by atoms with Crippen molar-refractivity contribution in [3.63, 3.8) is 0 Å². The van der Waals surface area contributed by atoms with Gasteiger partial charge in [0.05, 0.1) is 0 Å². The topological polar surface area (TPSA) is 45.6 Å². The van der Waals surface area contributed by atoms with E-state index in [0.717, 1.165) is 50.5 Å². The fourth-order valence-corrected chi connectivity index (χ4v) is 2.96. The highest BCUT2D eigenvalue weighted by atomic mass is 16.5. The Hall–Kier alpha value is -0.770. The van der Waals surface area contributed by atoms with Gasteiger partial charge in [-0.3, -0.25) is 4.99 Å². The second-order valence-corrected chi connectivity index (χ2v) is 5.90. The number of aliphatic imine (C=N–C) groups is 1. The van der Waals surface area contributed by atoms with Gasteiger partial charge in [-0.1, -0.05) is 26.2 Å². The van der Waals surface area contributed by atoms with Crippen molar-refractivity contribution >= 4 is 5.96 Å². The van der Waals surface area contributed by atoms with Crippen molar-refractivity contribution in [3.05, 3.63) is 0 Å². The van der Waals surface area contributed by atoms with Crippen molar-refractivity contribution in [1.82, 2.24) is 10.6 Å². The second kappa shape index (κ2) is 11.0. The van der Waals surface area contributed by atoms with Gasteiger partial charge >= 0.3 is 0 Å². The van der Waals surface area contributed by atoms with Crippen LogP contribution in [-0.4, -0.2) is 39.3 Å². The van der Waals surface area contributed by atoms with Gasteiger partial charge in [0.2, 0.25) is 0 Å². The van der Waals surface area contributed by atoms with Gasteiger partial charge in [-0.05, 0) is 38.0 Å². The average Bonchev–Trinajstić information content (AvgIpc) is 2.45. The van der Waals surface area contributed by atoms with Crippen molar-refractivity contribution in [2.75, 3.05) is 33.4 Å². The van der Waals surface area contributed by atoms with E-state index in [4.69, 9.17) is 4.74 Å². The molecule has 4 nitrogen and oxygen atoms in total. The molecule has 0 bridgehead atoms. The lowest BCUT2D eigenvalue weighted by atomic mass is 9.81. The molecule has 0 aromatic rings. The molecule has 0 saturated heterocycles. The van der Waals surface area contributed by atoms with E-state index in [9.17, 15) is 0 Å². The Morgan fingerprint density at radius 3 is 2.75 bits per heavy atom. The summed E-state index contributed by atoms with van der Waals surface area (Å²) in [5.74, 6) is 2.75. The maximum absolute atomic E-state index is 5.32. The molecule has 0 radical (unpaired) electrons. The first-order valence-electron chi connectivity index (χ1n) is 8.28. The summed E-state index contributed by atoms with van der Waals surface area (Å²) in [5, 5.41) is 6.75. The third-order valence-corrected chi connectivity index (χ3v) is 4.08. The van der Waals surface area contributed by atoms with Gasteiger partial charge in [-0.2, -0.15) is 0 Å². The molecule has 0 spiro atoms. The molecule has 2 atom stereocenters. The lowest BCUT2D eigenvalue weighted by molar-refractivity contribution is 0.145. The lowest BCUT2D eigenvalue weighted by Gasteiger charge is -2.26. The average molecular weight is 283 g/mol. The van der Waals surface area contributed by atoms with E-state index < -0.39 is 0 Å². The van der Waals surface area contributed by atoms with Crippen LogP contribution in [0.4, 0.5) is 0 Å². The third kappa shape index (κ3) is 7.73. The van der Waals surface area contributed by atoms with Crippen LogP contribution < -0.4 is 10.6 Å². The number of hydrogen-bond donors (Lipinski definition) is 2. The van der Waals surface area contributed by atoms with Gasteiger partial charge in [-0.25, -0.2) is 0 Å². The summed E-state index contributed by atoms with van der Waals surface area (Å²) in [5.41, 5.74) is 0. The van der Waals surface area contributed by atoms with Crippen LogP contribution in [0.25, 0.3) is 0 Å². The Kier molecular flexibility index (Phi) is 9.46. The van der Waals surface area contributed by atoms with Crippen LogP contribution in [0.5, 0.6) is 0 Å². The number of ether oxygens (including phenoxy) is 1. The molecule has 0 amide bonds. The van der Waals surface area contributed by atoms with Crippen LogP contribution in [0.2, 0.25) is 0 Å². The lowest BCUT2D eigenvalue weighted by Crippen LogP contribution is -2.39. The number of guanidine groups is 1. The van der Waals surface area contributed by atoms with Gasteiger partial charge < -0.3 is 15.4 Å². The van der Waals surface area contributed by atoms with Crippen LogP contribution in [0.3, 0.4) is 0 Å². The van der Waals surface area contributed by atoms with Crippen molar-refractivity contribution in [3.8, 4) is 0 Å². The first-order valence-corrected chi connectivity index (χ1v) is 8.28. The zero-order valence-corrected chi connectivity index (χ0v) is 13.6. The van der Waals surface area contributed by atoms with Crippen molar-refractivity contribution in [1.29, 1.82) is 0 Å². The van der Waals surface area contributed by atoms with E-state index >= 15 is 0 Å². The molecule has 0 aromatic carbocycles. The predicted octanol–water partition coefficient (Wildman–Crippen LogP) is 2.79. The fourth-order valence-electron chi connectivity index (χ4n) is 2.96. The van der Waals surface area contributed by atoms with E-state index in [-0.39, 0.29) is 0 Å². The van der Waals surface area contributed by atoms with Gasteiger partial charge in [0, 0.05) is 33.4 Å². The molecule has 1 aliphatic carbocycles. The normalized spacial score (nSPS) is 23.6. The Labute approximate surface area is 124 Å². The summed E-state index contributed by atoms with van der Waals surface area (Å²) < 4.78 is 5.32. The molecule has 0 heterocycles. The number of nitrogens with zero attached hydrogens (tertiary/aromatic N) is 1. The molecule has 1 aliphatic rings. The summed E-state index contributed by atoms with van der Waals surface area (Å²) in [6.07, 6.45) is 7.94. The Bertz CT molecular complexity index is 268. The molecule has 1 rings (SSSR count). The molecule has 2 N–H and O–H groups in total. The molecular weight excluding hydrogens is 250 g/mol. The van der Waals surface area contributed by atoms with Gasteiger partial charge in [0.15, 0.2) is 5.96 Å². The SMILES string of the molecule is CCOCCCNC(=NC)NCCC1CCCC(C)C1. The smallest absolute Gasteiger partial charge is 0.190 e. The molecule has 2 unspecified atom stereocenters. The molecule has 20 heavy (non-hydrogen) atoms. The maximum Gasteiger partial charge on any atom is 0.190 e.